The first-order valence-electron chi connectivity index (χ1n) is 8.88. The number of carbonyl (C=O) groups excluding carboxylic acids is 1. The molecule has 0 aliphatic rings. The average molecular weight is 383 g/mol. The van der Waals surface area contributed by atoms with Gasteiger partial charge in [0, 0.05) is 24.7 Å². The molecule has 0 spiro atoms. The summed E-state index contributed by atoms with van der Waals surface area (Å²) in [6.45, 7) is 0.320. The Morgan fingerprint density at radius 3 is 2.64 bits per heavy atom. The highest BCUT2D eigenvalue weighted by molar-refractivity contribution is 5.94. The molecular weight excluding hydrogens is 362 g/mol. The van der Waals surface area contributed by atoms with Gasteiger partial charge < -0.3 is 21.1 Å². The molecule has 0 unspecified atom stereocenters. The van der Waals surface area contributed by atoms with Crippen LogP contribution in [0, 0.1) is 0 Å². The van der Waals surface area contributed by atoms with Crippen molar-refractivity contribution in [3.63, 3.8) is 0 Å². The maximum atomic E-state index is 12.1. The van der Waals surface area contributed by atoms with Gasteiger partial charge in [-0.3, -0.25) is 19.4 Å². The molecule has 3 aromatic rings. The fourth-order valence-corrected chi connectivity index (χ4v) is 2.96. The van der Waals surface area contributed by atoms with Gasteiger partial charge in [0.25, 0.3) is 11.5 Å². The molecule has 3 rings (SSSR count). The summed E-state index contributed by atoms with van der Waals surface area (Å²) in [6, 6.07) is 7.18. The van der Waals surface area contributed by atoms with E-state index in [0.717, 1.165) is 11.1 Å². The van der Waals surface area contributed by atoms with Gasteiger partial charge >= 0.3 is 5.97 Å². The Hall–Kier alpha value is -3.62. The number of benzene rings is 1. The largest absolute Gasteiger partial charge is 0.481 e. The van der Waals surface area contributed by atoms with Crippen molar-refractivity contribution >= 4 is 28.9 Å². The highest BCUT2D eigenvalue weighted by Crippen LogP contribution is 2.16. The number of aromatic amines is 2. The van der Waals surface area contributed by atoms with E-state index in [1.165, 1.54) is 0 Å². The molecular formula is C19H21N5O4. The molecule has 0 aliphatic carbocycles. The molecule has 0 fully saturated rings. The monoisotopic (exact) mass is 383 g/mol. The molecule has 146 valence electrons. The second kappa shape index (κ2) is 8.38. The number of fused-ring (bicyclic) bond motifs is 1. The van der Waals surface area contributed by atoms with Gasteiger partial charge in [-0.25, -0.2) is 0 Å². The second-order valence-corrected chi connectivity index (χ2v) is 6.44. The molecule has 0 atom stereocenters. The van der Waals surface area contributed by atoms with E-state index in [4.69, 9.17) is 10.8 Å². The molecule has 0 radical (unpaired) electrons. The van der Waals surface area contributed by atoms with Crippen LogP contribution in [0.1, 0.15) is 34.3 Å². The van der Waals surface area contributed by atoms with Crippen LogP contribution in [-0.4, -0.2) is 38.5 Å². The topological polar surface area (TPSA) is 154 Å². The number of rotatable bonds is 8. The minimum Gasteiger partial charge on any atom is -0.481 e. The van der Waals surface area contributed by atoms with Crippen molar-refractivity contribution < 1.29 is 14.7 Å². The van der Waals surface area contributed by atoms with Crippen LogP contribution in [0.5, 0.6) is 0 Å². The number of hydrogen-bond donors (Lipinski definition) is 5. The first-order valence-corrected chi connectivity index (χ1v) is 8.88. The molecule has 1 aromatic carbocycles. The van der Waals surface area contributed by atoms with Gasteiger partial charge in [0.05, 0.1) is 5.39 Å². The number of carboxylic acids is 1. The number of anilines is 1. The van der Waals surface area contributed by atoms with Gasteiger partial charge in [-0.1, -0.05) is 12.1 Å². The van der Waals surface area contributed by atoms with E-state index in [9.17, 15) is 14.4 Å². The fourth-order valence-electron chi connectivity index (χ4n) is 2.96. The summed E-state index contributed by atoms with van der Waals surface area (Å²) in [6.07, 6.45) is 3.50. The number of nitrogens with zero attached hydrogens (tertiary/aromatic N) is 1. The van der Waals surface area contributed by atoms with E-state index in [-0.39, 0.29) is 23.8 Å². The number of hydrogen-bond acceptors (Lipinski definition) is 5. The van der Waals surface area contributed by atoms with Gasteiger partial charge in [-0.2, -0.15) is 4.98 Å². The summed E-state index contributed by atoms with van der Waals surface area (Å²) >= 11 is 0. The molecule has 0 aliphatic heterocycles. The van der Waals surface area contributed by atoms with E-state index < -0.39 is 5.97 Å². The maximum Gasteiger partial charge on any atom is 0.303 e. The molecule has 0 bridgehead atoms. The number of nitrogen functional groups attached to an aromatic ring is 1. The lowest BCUT2D eigenvalue weighted by Gasteiger charge is -2.06. The predicted molar refractivity (Wildman–Crippen MR) is 104 cm³/mol. The molecule has 9 nitrogen and oxygen atoms in total. The number of carboxylic acid groups (broad SMARTS) is 1. The van der Waals surface area contributed by atoms with Crippen LogP contribution in [0.25, 0.3) is 11.0 Å². The lowest BCUT2D eigenvalue weighted by atomic mass is 10.0. The summed E-state index contributed by atoms with van der Waals surface area (Å²) in [5.41, 5.74) is 8.13. The summed E-state index contributed by atoms with van der Waals surface area (Å²) in [7, 11) is 0. The third-order valence-electron chi connectivity index (χ3n) is 4.39. The van der Waals surface area contributed by atoms with Crippen LogP contribution in [0.4, 0.5) is 5.95 Å². The Morgan fingerprint density at radius 1 is 1.18 bits per heavy atom. The predicted octanol–water partition coefficient (Wildman–Crippen LogP) is 1.21. The van der Waals surface area contributed by atoms with Crippen LogP contribution < -0.4 is 16.6 Å². The third-order valence-corrected chi connectivity index (χ3v) is 4.39. The molecule has 28 heavy (non-hydrogen) atoms. The van der Waals surface area contributed by atoms with Gasteiger partial charge in [0.15, 0.2) is 0 Å². The van der Waals surface area contributed by atoms with Gasteiger partial charge in [0.2, 0.25) is 5.95 Å². The van der Waals surface area contributed by atoms with Crippen molar-refractivity contribution in [3.05, 3.63) is 57.5 Å². The Balaban J connectivity index is 1.58. The van der Waals surface area contributed by atoms with E-state index in [2.05, 4.69) is 20.3 Å². The van der Waals surface area contributed by atoms with E-state index >= 15 is 0 Å². The molecule has 0 saturated heterocycles. The number of H-pyrrole nitrogens is 2. The minimum atomic E-state index is -0.880. The molecule has 0 saturated carbocycles. The van der Waals surface area contributed by atoms with Gasteiger partial charge in [0.1, 0.15) is 5.65 Å². The number of nitrogens with one attached hydrogen (secondary N) is 3. The zero-order valence-electron chi connectivity index (χ0n) is 15.1. The summed E-state index contributed by atoms with van der Waals surface area (Å²) in [5.74, 6) is -1.04. The van der Waals surface area contributed by atoms with E-state index in [0.29, 0.717) is 42.4 Å². The Morgan fingerprint density at radius 2 is 1.93 bits per heavy atom. The van der Waals surface area contributed by atoms with Crippen molar-refractivity contribution in [2.45, 2.75) is 25.7 Å². The number of aliphatic carboxylic acids is 1. The Bertz CT molecular complexity index is 1050. The van der Waals surface area contributed by atoms with Gasteiger partial charge in [-0.15, -0.1) is 0 Å². The van der Waals surface area contributed by atoms with Crippen molar-refractivity contribution in [1.29, 1.82) is 0 Å². The van der Waals surface area contributed by atoms with Crippen molar-refractivity contribution in [2.75, 3.05) is 12.3 Å². The van der Waals surface area contributed by atoms with Crippen LogP contribution in [0.3, 0.4) is 0 Å². The SMILES string of the molecule is Nc1nc2[nH]cc(CCc3ccc(C(=O)NCCCC(=O)O)cc3)c2c(=O)[nH]1. The normalized spacial score (nSPS) is 10.9. The smallest absolute Gasteiger partial charge is 0.303 e. The third kappa shape index (κ3) is 4.56. The molecule has 1 amide bonds. The van der Waals surface area contributed by atoms with Crippen molar-refractivity contribution in [3.8, 4) is 0 Å². The lowest BCUT2D eigenvalue weighted by Crippen LogP contribution is -2.24. The first kappa shape index (κ1) is 19.2. The molecule has 2 heterocycles. The molecule has 9 heteroatoms. The minimum absolute atomic E-state index is 0.0258. The fraction of sp³-hybridized carbons (Fsp3) is 0.263. The number of carbonyl (C=O) groups is 2. The number of amides is 1. The number of aryl methyl sites for hydroxylation is 2. The zero-order chi connectivity index (χ0) is 20.1. The van der Waals surface area contributed by atoms with Crippen LogP contribution in [0.15, 0.2) is 35.3 Å². The molecule has 2 aromatic heterocycles. The molecule has 6 N–H and O–H groups in total. The maximum absolute atomic E-state index is 12.1. The van der Waals surface area contributed by atoms with Gasteiger partial charge in [-0.05, 0) is 42.5 Å². The first-order chi connectivity index (χ1) is 13.4. The quantitative estimate of drug-likeness (QED) is 0.368. The zero-order valence-corrected chi connectivity index (χ0v) is 15.1. The van der Waals surface area contributed by atoms with E-state index in [1.54, 1.807) is 18.3 Å². The summed E-state index contributed by atoms with van der Waals surface area (Å²) in [4.78, 5) is 44.1. The highest BCUT2D eigenvalue weighted by Gasteiger charge is 2.11. The number of nitrogens with two attached hydrogens (primary N) is 1. The lowest BCUT2D eigenvalue weighted by molar-refractivity contribution is -0.137. The Labute approximate surface area is 160 Å². The highest BCUT2D eigenvalue weighted by atomic mass is 16.4. The average Bonchev–Trinajstić information content (AvgIpc) is 3.06. The standard InChI is InChI=1S/C19H21N5O4/c20-19-23-16-15(18(28)24-19)13(10-22-16)8-5-11-3-6-12(7-4-11)17(27)21-9-1-2-14(25)26/h3-4,6-7,10H,1-2,5,8-9H2,(H,21,27)(H,25,26)(H4,20,22,23,24,28). The number of aromatic nitrogens is 3. The van der Waals surface area contributed by atoms with E-state index in [1.807, 2.05) is 12.1 Å². The van der Waals surface area contributed by atoms with Crippen LogP contribution in [0.2, 0.25) is 0 Å². The Kier molecular flexibility index (Phi) is 5.73. The van der Waals surface area contributed by atoms with Crippen LogP contribution >= 0.6 is 0 Å². The van der Waals surface area contributed by atoms with Crippen LogP contribution in [-0.2, 0) is 17.6 Å². The summed E-state index contributed by atoms with van der Waals surface area (Å²) < 4.78 is 0. The summed E-state index contributed by atoms with van der Waals surface area (Å²) in [5, 5.41) is 11.8. The van der Waals surface area contributed by atoms with Crippen molar-refractivity contribution in [2.24, 2.45) is 0 Å². The second-order valence-electron chi connectivity index (χ2n) is 6.44. The van der Waals surface area contributed by atoms with Crippen molar-refractivity contribution in [1.82, 2.24) is 20.3 Å².